The van der Waals surface area contributed by atoms with E-state index in [0.717, 1.165) is 15.8 Å². The Balaban J connectivity index is 1.94. The van der Waals surface area contributed by atoms with Crippen LogP contribution in [0.1, 0.15) is 10.4 Å². The maximum absolute atomic E-state index is 8.89. The number of hydrogen-bond donors (Lipinski definition) is 1. The van der Waals surface area contributed by atoms with E-state index in [9.17, 15) is 0 Å². The van der Waals surface area contributed by atoms with Crippen LogP contribution in [0.5, 0.6) is 5.75 Å². The van der Waals surface area contributed by atoms with Crippen LogP contribution in [0.15, 0.2) is 40.2 Å². The molecule has 1 heterocycles. The van der Waals surface area contributed by atoms with Gasteiger partial charge in [0.2, 0.25) is 0 Å². The summed E-state index contributed by atoms with van der Waals surface area (Å²) in [5, 5.41) is 10.9. The second-order valence-electron chi connectivity index (χ2n) is 3.32. The lowest BCUT2D eigenvalue weighted by molar-refractivity contribution is 0.281. The maximum atomic E-state index is 8.89. The van der Waals surface area contributed by atoms with Gasteiger partial charge in [0.15, 0.2) is 0 Å². The van der Waals surface area contributed by atoms with Gasteiger partial charge in [-0.05, 0) is 39.7 Å². The Labute approximate surface area is 107 Å². The lowest BCUT2D eigenvalue weighted by Crippen LogP contribution is -1.93. The lowest BCUT2D eigenvalue weighted by Gasteiger charge is -2.04. The lowest BCUT2D eigenvalue weighted by atomic mass is 10.2. The zero-order valence-electron chi connectivity index (χ0n) is 8.52. The largest absolute Gasteiger partial charge is 0.488 e. The number of aliphatic hydroxyl groups is 1. The first kappa shape index (κ1) is 11.6. The number of halogens is 1. The van der Waals surface area contributed by atoms with Crippen LogP contribution in [0.4, 0.5) is 0 Å². The normalized spacial score (nSPS) is 10.4. The predicted octanol–water partition coefficient (Wildman–Crippen LogP) is 3.58. The van der Waals surface area contributed by atoms with Crippen LogP contribution in [0.3, 0.4) is 0 Å². The van der Waals surface area contributed by atoms with Gasteiger partial charge >= 0.3 is 0 Å². The number of aliphatic hydroxyl groups excluding tert-OH is 1. The molecule has 4 heteroatoms. The molecule has 1 aromatic heterocycles. The average molecular weight is 299 g/mol. The fraction of sp³-hybridized carbons (Fsp3) is 0.167. The number of rotatable bonds is 4. The highest BCUT2D eigenvalue weighted by Gasteiger charge is 1.99. The van der Waals surface area contributed by atoms with Crippen LogP contribution in [0.25, 0.3) is 0 Å². The van der Waals surface area contributed by atoms with Crippen molar-refractivity contribution in [3.8, 4) is 5.75 Å². The van der Waals surface area contributed by atoms with Gasteiger partial charge in [-0.25, -0.2) is 0 Å². The van der Waals surface area contributed by atoms with Crippen LogP contribution in [-0.4, -0.2) is 5.11 Å². The molecular weight excluding hydrogens is 288 g/mol. The van der Waals surface area contributed by atoms with Crippen molar-refractivity contribution in [1.29, 1.82) is 0 Å². The molecule has 0 fully saturated rings. The van der Waals surface area contributed by atoms with Gasteiger partial charge in [0.1, 0.15) is 12.4 Å². The summed E-state index contributed by atoms with van der Waals surface area (Å²) in [4.78, 5) is 1.18. The third kappa shape index (κ3) is 3.07. The predicted molar refractivity (Wildman–Crippen MR) is 68.7 cm³/mol. The van der Waals surface area contributed by atoms with Gasteiger partial charge in [0.05, 0.1) is 6.61 Å². The summed E-state index contributed by atoms with van der Waals surface area (Å²) in [5.41, 5.74) is 0.895. The molecule has 0 aliphatic rings. The summed E-state index contributed by atoms with van der Waals surface area (Å²) in [5.74, 6) is 0.821. The highest BCUT2D eigenvalue weighted by Crippen LogP contribution is 2.21. The minimum atomic E-state index is 0.0676. The average Bonchev–Trinajstić information content (AvgIpc) is 2.73. The number of ether oxygens (including phenoxy) is 1. The van der Waals surface area contributed by atoms with E-state index in [4.69, 9.17) is 9.84 Å². The van der Waals surface area contributed by atoms with Crippen LogP contribution < -0.4 is 4.74 Å². The molecule has 0 spiro atoms. The van der Waals surface area contributed by atoms with E-state index in [-0.39, 0.29) is 6.61 Å². The molecule has 84 valence electrons. The Bertz CT molecular complexity index is 450. The van der Waals surface area contributed by atoms with Crippen molar-refractivity contribution in [3.63, 3.8) is 0 Å². The monoisotopic (exact) mass is 298 g/mol. The van der Waals surface area contributed by atoms with Crippen molar-refractivity contribution in [1.82, 2.24) is 0 Å². The maximum Gasteiger partial charge on any atom is 0.122 e. The molecule has 0 unspecified atom stereocenters. The first-order chi connectivity index (χ1) is 7.78. The van der Waals surface area contributed by atoms with Gasteiger partial charge in [-0.2, -0.15) is 0 Å². The summed E-state index contributed by atoms with van der Waals surface area (Å²) in [6.45, 7) is 0.646. The van der Waals surface area contributed by atoms with Gasteiger partial charge in [0.25, 0.3) is 0 Å². The molecule has 0 saturated heterocycles. The van der Waals surface area contributed by atoms with Crippen LogP contribution in [0.2, 0.25) is 0 Å². The van der Waals surface area contributed by atoms with E-state index in [1.807, 2.05) is 35.7 Å². The summed E-state index contributed by atoms with van der Waals surface area (Å²) in [7, 11) is 0. The van der Waals surface area contributed by atoms with Crippen LogP contribution in [0, 0.1) is 0 Å². The second kappa shape index (κ2) is 5.48. The van der Waals surface area contributed by atoms with Gasteiger partial charge in [-0.1, -0.05) is 12.1 Å². The first-order valence-electron chi connectivity index (χ1n) is 4.83. The quantitative estimate of drug-likeness (QED) is 0.935. The molecule has 1 aromatic carbocycles. The van der Waals surface area contributed by atoms with Crippen molar-refractivity contribution in [2.24, 2.45) is 0 Å². The molecule has 0 aliphatic heterocycles. The Morgan fingerprint density at radius 1 is 1.25 bits per heavy atom. The molecule has 0 amide bonds. The molecule has 0 radical (unpaired) electrons. The molecule has 0 saturated carbocycles. The summed E-state index contributed by atoms with van der Waals surface area (Å²) in [6.07, 6.45) is 0. The second-order valence-corrected chi connectivity index (χ2v) is 5.23. The summed E-state index contributed by atoms with van der Waals surface area (Å²) >= 11 is 5.07. The Morgan fingerprint density at radius 2 is 2.00 bits per heavy atom. The third-order valence-electron chi connectivity index (χ3n) is 2.11. The van der Waals surface area contributed by atoms with Crippen molar-refractivity contribution in [3.05, 3.63) is 50.6 Å². The number of benzene rings is 1. The van der Waals surface area contributed by atoms with E-state index in [1.54, 1.807) is 11.3 Å². The zero-order chi connectivity index (χ0) is 11.4. The third-order valence-corrected chi connectivity index (χ3v) is 3.78. The van der Waals surface area contributed by atoms with Gasteiger partial charge in [-0.15, -0.1) is 11.3 Å². The molecular formula is C12H11BrO2S. The Morgan fingerprint density at radius 3 is 2.56 bits per heavy atom. The molecule has 2 nitrogen and oxygen atoms in total. The fourth-order valence-corrected chi connectivity index (χ4v) is 2.64. The molecule has 0 bridgehead atoms. The SMILES string of the molecule is OCc1ccc(OCc2cc(Br)cs2)cc1. The number of hydrogen-bond acceptors (Lipinski definition) is 3. The van der Waals surface area contributed by atoms with E-state index >= 15 is 0 Å². The molecule has 0 atom stereocenters. The Hall–Kier alpha value is -0.840. The van der Waals surface area contributed by atoms with Crippen LogP contribution >= 0.6 is 27.3 Å². The zero-order valence-corrected chi connectivity index (χ0v) is 10.9. The van der Waals surface area contributed by atoms with Gasteiger partial charge < -0.3 is 9.84 Å². The van der Waals surface area contributed by atoms with Crippen molar-refractivity contribution >= 4 is 27.3 Å². The molecule has 2 rings (SSSR count). The molecule has 2 aromatic rings. The van der Waals surface area contributed by atoms with E-state index in [2.05, 4.69) is 15.9 Å². The van der Waals surface area contributed by atoms with Crippen molar-refractivity contribution in [2.45, 2.75) is 13.2 Å². The first-order valence-corrected chi connectivity index (χ1v) is 6.50. The van der Waals surface area contributed by atoms with Crippen molar-refractivity contribution in [2.75, 3.05) is 0 Å². The standard InChI is InChI=1S/C12H11BrO2S/c13-10-5-12(16-8-10)7-15-11-3-1-9(6-14)2-4-11/h1-5,8,14H,6-7H2. The number of thiophene rings is 1. The molecule has 1 N–H and O–H groups in total. The highest BCUT2D eigenvalue weighted by atomic mass is 79.9. The summed E-state index contributed by atoms with van der Waals surface area (Å²) in [6, 6.07) is 9.51. The van der Waals surface area contributed by atoms with Crippen molar-refractivity contribution < 1.29 is 9.84 Å². The smallest absolute Gasteiger partial charge is 0.122 e. The minimum absolute atomic E-state index is 0.0676. The van der Waals surface area contributed by atoms with E-state index in [0.29, 0.717) is 6.61 Å². The highest BCUT2D eigenvalue weighted by molar-refractivity contribution is 9.10. The van der Waals surface area contributed by atoms with Crippen LogP contribution in [-0.2, 0) is 13.2 Å². The minimum Gasteiger partial charge on any atom is -0.488 e. The van der Waals surface area contributed by atoms with E-state index < -0.39 is 0 Å². The van der Waals surface area contributed by atoms with Gasteiger partial charge in [-0.3, -0.25) is 0 Å². The van der Waals surface area contributed by atoms with E-state index in [1.165, 1.54) is 4.88 Å². The fourth-order valence-electron chi connectivity index (χ4n) is 1.28. The molecule has 0 aliphatic carbocycles. The topological polar surface area (TPSA) is 29.5 Å². The molecule has 16 heavy (non-hydrogen) atoms. The Kier molecular flexibility index (Phi) is 3.98. The van der Waals surface area contributed by atoms with Gasteiger partial charge in [0, 0.05) is 14.7 Å². The summed E-state index contributed by atoms with van der Waals surface area (Å²) < 4.78 is 6.70.